The highest BCUT2D eigenvalue weighted by Crippen LogP contribution is 2.21. The van der Waals surface area contributed by atoms with Crippen molar-refractivity contribution in [2.75, 3.05) is 10.6 Å². The van der Waals surface area contributed by atoms with Crippen molar-refractivity contribution in [2.24, 2.45) is 0 Å². The van der Waals surface area contributed by atoms with Crippen LogP contribution in [0.5, 0.6) is 0 Å². The summed E-state index contributed by atoms with van der Waals surface area (Å²) in [4.78, 5) is 23.2. The molecular weight excluding hydrogens is 326 g/mol. The molecule has 0 fully saturated rings. The number of rotatable bonds is 4. The standard InChI is InChI=1S/C18H14ClN3O2/c1-12(23)21-15-8-6-13(7-9-15)10-14(11-20)18(24)22-17-5-3-2-4-16(17)19/h2-10H,1H3,(H,21,23)(H,22,24). The number of amides is 2. The first-order valence-corrected chi connectivity index (χ1v) is 7.42. The van der Waals surface area contributed by atoms with E-state index in [-0.39, 0.29) is 11.5 Å². The van der Waals surface area contributed by atoms with Gasteiger partial charge >= 0.3 is 0 Å². The van der Waals surface area contributed by atoms with Crippen molar-refractivity contribution in [1.29, 1.82) is 5.26 Å². The van der Waals surface area contributed by atoms with Crippen LogP contribution in [0, 0.1) is 11.3 Å². The van der Waals surface area contributed by atoms with Gasteiger partial charge in [-0.1, -0.05) is 35.9 Å². The van der Waals surface area contributed by atoms with Gasteiger partial charge in [-0.2, -0.15) is 5.26 Å². The Kier molecular flexibility index (Phi) is 5.72. The number of anilines is 2. The third-order valence-corrected chi connectivity index (χ3v) is 3.36. The molecule has 2 rings (SSSR count). The summed E-state index contributed by atoms with van der Waals surface area (Å²) < 4.78 is 0. The van der Waals surface area contributed by atoms with Gasteiger partial charge in [-0.25, -0.2) is 0 Å². The van der Waals surface area contributed by atoms with Crippen LogP contribution in [-0.2, 0) is 9.59 Å². The van der Waals surface area contributed by atoms with Crippen molar-refractivity contribution in [2.45, 2.75) is 6.92 Å². The van der Waals surface area contributed by atoms with E-state index in [0.717, 1.165) is 0 Å². The number of hydrogen-bond donors (Lipinski definition) is 2. The molecule has 0 bridgehead atoms. The van der Waals surface area contributed by atoms with E-state index in [1.54, 1.807) is 48.5 Å². The highest BCUT2D eigenvalue weighted by atomic mass is 35.5. The van der Waals surface area contributed by atoms with E-state index in [0.29, 0.717) is 22.0 Å². The minimum Gasteiger partial charge on any atom is -0.326 e. The molecule has 2 aromatic carbocycles. The van der Waals surface area contributed by atoms with Crippen LogP contribution in [0.4, 0.5) is 11.4 Å². The molecule has 2 aromatic rings. The fraction of sp³-hybridized carbons (Fsp3) is 0.0556. The van der Waals surface area contributed by atoms with Gasteiger partial charge in [0, 0.05) is 12.6 Å². The van der Waals surface area contributed by atoms with Crippen molar-refractivity contribution in [3.8, 4) is 6.07 Å². The Morgan fingerprint density at radius 2 is 1.75 bits per heavy atom. The molecule has 0 aliphatic heterocycles. The molecule has 0 spiro atoms. The lowest BCUT2D eigenvalue weighted by atomic mass is 10.1. The van der Waals surface area contributed by atoms with Crippen LogP contribution in [0.1, 0.15) is 12.5 Å². The van der Waals surface area contributed by atoms with Gasteiger partial charge < -0.3 is 10.6 Å². The zero-order valence-electron chi connectivity index (χ0n) is 12.8. The molecule has 0 atom stereocenters. The molecule has 2 N–H and O–H groups in total. The van der Waals surface area contributed by atoms with Crippen molar-refractivity contribution in [3.05, 3.63) is 64.7 Å². The molecule has 120 valence electrons. The number of hydrogen-bond acceptors (Lipinski definition) is 3. The summed E-state index contributed by atoms with van der Waals surface area (Å²) in [6.07, 6.45) is 1.46. The normalized spacial score (nSPS) is 10.6. The minimum atomic E-state index is -0.545. The van der Waals surface area contributed by atoms with Gasteiger partial charge in [0.25, 0.3) is 5.91 Å². The van der Waals surface area contributed by atoms with Gasteiger partial charge in [0.15, 0.2) is 0 Å². The van der Waals surface area contributed by atoms with E-state index in [4.69, 9.17) is 11.6 Å². The molecule has 0 heterocycles. The zero-order chi connectivity index (χ0) is 17.5. The van der Waals surface area contributed by atoms with Gasteiger partial charge in [0.1, 0.15) is 11.6 Å². The maximum absolute atomic E-state index is 12.2. The predicted octanol–water partition coefficient (Wildman–Crippen LogP) is 3.84. The molecule has 0 saturated heterocycles. The number of nitriles is 1. The van der Waals surface area contributed by atoms with E-state index in [1.807, 2.05) is 6.07 Å². The fourth-order valence-corrected chi connectivity index (χ4v) is 2.12. The molecule has 0 aliphatic rings. The number of carbonyl (C=O) groups excluding carboxylic acids is 2. The molecule has 0 aliphatic carbocycles. The molecular formula is C18H14ClN3O2. The maximum Gasteiger partial charge on any atom is 0.266 e. The van der Waals surface area contributed by atoms with E-state index in [9.17, 15) is 14.9 Å². The van der Waals surface area contributed by atoms with E-state index >= 15 is 0 Å². The average molecular weight is 340 g/mol. The Morgan fingerprint density at radius 1 is 1.08 bits per heavy atom. The fourth-order valence-electron chi connectivity index (χ4n) is 1.93. The first-order valence-electron chi connectivity index (χ1n) is 7.05. The van der Waals surface area contributed by atoms with Crippen LogP contribution in [-0.4, -0.2) is 11.8 Å². The van der Waals surface area contributed by atoms with Crippen LogP contribution in [0.15, 0.2) is 54.1 Å². The monoisotopic (exact) mass is 339 g/mol. The summed E-state index contributed by atoms with van der Waals surface area (Å²) >= 11 is 5.98. The number of nitrogens with zero attached hydrogens (tertiary/aromatic N) is 1. The summed E-state index contributed by atoms with van der Waals surface area (Å²) in [5.74, 6) is -0.716. The second-order valence-corrected chi connectivity index (χ2v) is 5.31. The number of halogens is 1. The lowest BCUT2D eigenvalue weighted by Crippen LogP contribution is -2.13. The van der Waals surface area contributed by atoms with Gasteiger partial charge in [-0.05, 0) is 35.9 Å². The van der Waals surface area contributed by atoms with Crippen molar-refractivity contribution >= 4 is 40.9 Å². The average Bonchev–Trinajstić information content (AvgIpc) is 2.55. The lowest BCUT2D eigenvalue weighted by molar-refractivity contribution is -0.114. The Morgan fingerprint density at radius 3 is 2.33 bits per heavy atom. The summed E-state index contributed by atoms with van der Waals surface area (Å²) in [7, 11) is 0. The van der Waals surface area contributed by atoms with Crippen LogP contribution in [0.25, 0.3) is 6.08 Å². The molecule has 24 heavy (non-hydrogen) atoms. The summed E-state index contributed by atoms with van der Waals surface area (Å²) in [5.41, 5.74) is 1.68. The van der Waals surface area contributed by atoms with Crippen LogP contribution in [0.2, 0.25) is 5.02 Å². The number of benzene rings is 2. The van der Waals surface area contributed by atoms with Gasteiger partial charge in [-0.3, -0.25) is 9.59 Å². The third-order valence-electron chi connectivity index (χ3n) is 3.03. The second-order valence-electron chi connectivity index (χ2n) is 4.91. The molecule has 5 nitrogen and oxygen atoms in total. The molecule has 2 amide bonds. The van der Waals surface area contributed by atoms with Gasteiger partial charge in [0.2, 0.25) is 5.91 Å². The number of para-hydroxylation sites is 1. The second kappa shape index (κ2) is 7.95. The Bertz CT molecular complexity index is 836. The van der Waals surface area contributed by atoms with Crippen molar-refractivity contribution in [3.63, 3.8) is 0 Å². The van der Waals surface area contributed by atoms with Crippen molar-refractivity contribution in [1.82, 2.24) is 0 Å². The van der Waals surface area contributed by atoms with E-state index < -0.39 is 5.91 Å². The largest absolute Gasteiger partial charge is 0.326 e. The SMILES string of the molecule is CC(=O)Nc1ccc(C=C(C#N)C(=O)Nc2ccccc2Cl)cc1. The van der Waals surface area contributed by atoms with Crippen molar-refractivity contribution < 1.29 is 9.59 Å². The number of carbonyl (C=O) groups is 2. The molecule has 0 aromatic heterocycles. The maximum atomic E-state index is 12.2. The highest BCUT2D eigenvalue weighted by Gasteiger charge is 2.11. The lowest BCUT2D eigenvalue weighted by Gasteiger charge is -2.06. The first kappa shape index (κ1) is 17.3. The Balaban J connectivity index is 2.16. The molecule has 6 heteroatoms. The van der Waals surface area contributed by atoms with E-state index in [2.05, 4.69) is 10.6 Å². The van der Waals surface area contributed by atoms with Crippen LogP contribution in [0.3, 0.4) is 0 Å². The molecule has 0 unspecified atom stereocenters. The van der Waals surface area contributed by atoms with Crippen LogP contribution < -0.4 is 10.6 Å². The quantitative estimate of drug-likeness (QED) is 0.655. The van der Waals surface area contributed by atoms with E-state index in [1.165, 1.54) is 13.0 Å². The Labute approximate surface area is 144 Å². The topological polar surface area (TPSA) is 82.0 Å². The zero-order valence-corrected chi connectivity index (χ0v) is 13.6. The third kappa shape index (κ3) is 4.70. The summed E-state index contributed by atoms with van der Waals surface area (Å²) in [6.45, 7) is 1.42. The highest BCUT2D eigenvalue weighted by molar-refractivity contribution is 6.34. The smallest absolute Gasteiger partial charge is 0.266 e. The van der Waals surface area contributed by atoms with Crippen LogP contribution >= 0.6 is 11.6 Å². The van der Waals surface area contributed by atoms with Gasteiger partial charge in [0.05, 0.1) is 10.7 Å². The van der Waals surface area contributed by atoms with Gasteiger partial charge in [-0.15, -0.1) is 0 Å². The summed E-state index contributed by atoms with van der Waals surface area (Å²) in [6, 6.07) is 15.4. The number of nitrogens with one attached hydrogen (secondary N) is 2. The minimum absolute atomic E-state index is 0.0535. The predicted molar refractivity (Wildman–Crippen MR) is 94.4 cm³/mol. The Hall–Kier alpha value is -3.10. The molecule has 0 saturated carbocycles. The summed E-state index contributed by atoms with van der Waals surface area (Å²) in [5, 5.41) is 14.8. The first-order chi connectivity index (χ1) is 11.5. The molecule has 0 radical (unpaired) electrons.